The molecule has 4 aliphatic rings. The Balaban J connectivity index is 0.000000195. The number of ether oxygens (including phenoxy) is 2. The summed E-state index contributed by atoms with van der Waals surface area (Å²) in [6.07, 6.45) is 6.56. The number of methoxy groups -OCH3 is 2. The molecular weight excluding hydrogens is 975 g/mol. The van der Waals surface area contributed by atoms with Gasteiger partial charge in [0.15, 0.2) is 0 Å². The molecule has 17 heteroatoms. The van der Waals surface area contributed by atoms with E-state index in [0.29, 0.717) is 29.5 Å². The van der Waals surface area contributed by atoms with Crippen LogP contribution in [0.4, 0.5) is 29.7 Å². The van der Waals surface area contributed by atoms with Crippen LogP contribution < -0.4 is 10.2 Å². The molecule has 1 N–H and O–H groups in total. The maximum absolute atomic E-state index is 14.9. The first-order valence-electron chi connectivity index (χ1n) is 24.8. The van der Waals surface area contributed by atoms with Gasteiger partial charge in [-0.3, -0.25) is 14.7 Å². The van der Waals surface area contributed by atoms with Crippen LogP contribution in [-0.2, 0) is 34.4 Å². The van der Waals surface area contributed by atoms with Crippen molar-refractivity contribution in [2.45, 2.75) is 63.5 Å². The lowest BCUT2D eigenvalue weighted by Gasteiger charge is -2.34. The number of carbonyl (C=O) groups excluding carboxylic acids is 4. The second-order valence-corrected chi connectivity index (χ2v) is 19.2. The first-order valence-corrected chi connectivity index (χ1v) is 25.9. The van der Waals surface area contributed by atoms with E-state index >= 15 is 0 Å². The molecule has 4 fully saturated rings. The van der Waals surface area contributed by atoms with Crippen molar-refractivity contribution in [2.24, 2.45) is 0 Å². The van der Waals surface area contributed by atoms with Gasteiger partial charge in [-0.1, -0.05) is 52.3 Å². The SMILES string of the molecule is CN1CCN(Cc2ccc(NC(=O)N3CCCCC3)cc2)CC1.COC(=O)c1ccc(CBr)c(F)c1.COC(=O)c1ccc(CN(C(=O)N2CCCCC2)c2ccc(CN3CCN(C)CC3)cc2)c(F)c1. The second-order valence-electron chi connectivity index (χ2n) is 18.6. The predicted octanol–water partition coefficient (Wildman–Crippen LogP) is 8.93. The highest BCUT2D eigenvalue weighted by molar-refractivity contribution is 9.08. The summed E-state index contributed by atoms with van der Waals surface area (Å²) in [5, 5.41) is 3.45. The Morgan fingerprint density at radius 2 is 1.00 bits per heavy atom. The number of likely N-dealkylation sites (N-methyl/N-ethyl adjacent to an activating group) is 2. The molecule has 4 heterocycles. The van der Waals surface area contributed by atoms with Crippen LogP contribution in [0.25, 0.3) is 0 Å². The number of benzene rings is 4. The van der Waals surface area contributed by atoms with Crippen LogP contribution in [-0.4, -0.2) is 160 Å². The Morgan fingerprint density at radius 1 is 0.563 bits per heavy atom. The molecule has 0 spiro atoms. The van der Waals surface area contributed by atoms with Crippen LogP contribution >= 0.6 is 15.9 Å². The summed E-state index contributed by atoms with van der Waals surface area (Å²) in [6.45, 7) is 13.9. The normalized spacial score (nSPS) is 16.9. The van der Waals surface area contributed by atoms with Crippen LogP contribution in [0, 0.1) is 11.6 Å². The average Bonchev–Trinajstić information content (AvgIpc) is 3.40. The number of anilines is 2. The fraction of sp³-hybridized carbons (Fsp3) is 0.481. The highest BCUT2D eigenvalue weighted by Crippen LogP contribution is 2.25. The van der Waals surface area contributed by atoms with Gasteiger partial charge >= 0.3 is 24.0 Å². The molecule has 0 bridgehead atoms. The minimum absolute atomic E-state index is 0.0384. The van der Waals surface area contributed by atoms with Crippen molar-refractivity contribution in [3.63, 3.8) is 0 Å². The van der Waals surface area contributed by atoms with E-state index in [4.69, 9.17) is 0 Å². The number of urea groups is 2. The minimum atomic E-state index is -0.590. The summed E-state index contributed by atoms with van der Waals surface area (Å²) in [6, 6.07) is 24.8. The molecule has 4 saturated heterocycles. The molecule has 8 rings (SSSR count). The van der Waals surface area contributed by atoms with Gasteiger partial charge in [0.2, 0.25) is 0 Å². The predicted molar refractivity (Wildman–Crippen MR) is 278 cm³/mol. The third kappa shape index (κ3) is 16.8. The molecule has 0 radical (unpaired) electrons. The Labute approximate surface area is 426 Å². The smallest absolute Gasteiger partial charge is 0.337 e. The zero-order valence-electron chi connectivity index (χ0n) is 41.9. The average molecular weight is 1050 g/mol. The molecule has 0 atom stereocenters. The van der Waals surface area contributed by atoms with Crippen molar-refractivity contribution < 1.29 is 37.4 Å². The molecule has 4 amide bonds. The van der Waals surface area contributed by atoms with Crippen molar-refractivity contribution >= 4 is 51.3 Å². The van der Waals surface area contributed by atoms with Gasteiger partial charge in [0.1, 0.15) is 11.6 Å². The van der Waals surface area contributed by atoms with Crippen LogP contribution in [0.3, 0.4) is 0 Å². The maximum Gasteiger partial charge on any atom is 0.337 e. The number of hydrogen-bond donors (Lipinski definition) is 1. The van der Waals surface area contributed by atoms with Gasteiger partial charge in [-0.2, -0.15) is 0 Å². The Morgan fingerprint density at radius 3 is 1.44 bits per heavy atom. The van der Waals surface area contributed by atoms with Crippen LogP contribution in [0.5, 0.6) is 0 Å². The Bertz CT molecular complexity index is 2330. The maximum atomic E-state index is 14.9. The van der Waals surface area contributed by atoms with Gasteiger partial charge < -0.3 is 34.4 Å². The number of rotatable bonds is 11. The van der Waals surface area contributed by atoms with Gasteiger partial charge in [0, 0.05) is 114 Å². The Hall–Kier alpha value is -5.46. The zero-order chi connectivity index (χ0) is 50.7. The van der Waals surface area contributed by atoms with E-state index in [9.17, 15) is 28.0 Å². The van der Waals surface area contributed by atoms with Gasteiger partial charge in [-0.05, 0) is 118 Å². The van der Waals surface area contributed by atoms with Gasteiger partial charge in [0.25, 0.3) is 0 Å². The molecule has 4 aromatic carbocycles. The van der Waals surface area contributed by atoms with E-state index in [-0.39, 0.29) is 29.7 Å². The minimum Gasteiger partial charge on any atom is -0.465 e. The molecule has 0 aliphatic carbocycles. The first kappa shape index (κ1) is 54.9. The summed E-state index contributed by atoms with van der Waals surface area (Å²) in [5.74, 6) is -2.05. The number of carbonyl (C=O) groups is 4. The number of nitrogens with one attached hydrogen (secondary N) is 1. The molecule has 4 aliphatic heterocycles. The quantitative estimate of drug-likeness (QED) is 0.115. The monoisotopic (exact) mass is 1040 g/mol. The van der Waals surface area contributed by atoms with Crippen molar-refractivity contribution in [1.82, 2.24) is 29.4 Å². The summed E-state index contributed by atoms with van der Waals surface area (Å²) in [4.78, 5) is 63.5. The number of hydrogen-bond acceptors (Lipinski definition) is 10. The van der Waals surface area contributed by atoms with Crippen LogP contribution in [0.1, 0.15) is 81.5 Å². The molecule has 14 nitrogen and oxygen atoms in total. The topological polar surface area (TPSA) is 121 Å². The van der Waals surface area contributed by atoms with E-state index in [0.717, 1.165) is 122 Å². The van der Waals surface area contributed by atoms with E-state index < -0.39 is 23.6 Å². The lowest BCUT2D eigenvalue weighted by Crippen LogP contribution is -2.45. The van der Waals surface area contributed by atoms with Crippen molar-refractivity contribution in [3.8, 4) is 0 Å². The number of piperazine rings is 2. The first-order chi connectivity index (χ1) is 34.3. The summed E-state index contributed by atoms with van der Waals surface area (Å²) in [5.41, 5.74) is 5.38. The molecular formula is C54H71BrF2N8O6. The number of halogens is 3. The third-order valence-corrected chi connectivity index (χ3v) is 14.0. The summed E-state index contributed by atoms with van der Waals surface area (Å²) in [7, 11) is 6.85. The van der Waals surface area contributed by atoms with E-state index in [1.54, 1.807) is 17.0 Å². The van der Waals surface area contributed by atoms with Gasteiger partial charge in [0.05, 0.1) is 31.9 Å². The highest BCUT2D eigenvalue weighted by atomic mass is 79.9. The standard InChI is InChI=1S/C27H35FN4O3.C18H28N4O.C9H8BrFO2/c1-29-14-16-30(17-15-29)19-21-6-10-24(11-7-21)32(27(34)31-12-4-3-5-13-31)20-23-9-8-22(18-25(23)28)26(33)35-2;1-20-11-13-21(14-12-20)15-16-5-7-17(8-6-16)19-18(23)22-9-3-2-4-10-22;1-13-9(12)6-2-3-7(5-10)8(11)4-6/h6-11,18H,3-5,12-17,19-20H2,1-2H3;5-8H,2-4,9-15H2,1H3,(H,19,23);2-4H,5H2,1H3. The zero-order valence-corrected chi connectivity index (χ0v) is 43.4. The van der Waals surface area contributed by atoms with E-state index in [2.05, 4.69) is 88.7 Å². The molecule has 0 saturated carbocycles. The summed E-state index contributed by atoms with van der Waals surface area (Å²) < 4.78 is 37.2. The van der Waals surface area contributed by atoms with Crippen LogP contribution in [0.15, 0.2) is 84.9 Å². The lowest BCUT2D eigenvalue weighted by molar-refractivity contribution is 0.0591. The largest absolute Gasteiger partial charge is 0.465 e. The molecule has 0 unspecified atom stereocenters. The molecule has 384 valence electrons. The summed E-state index contributed by atoms with van der Waals surface area (Å²) >= 11 is 3.13. The van der Waals surface area contributed by atoms with E-state index in [1.807, 2.05) is 34.1 Å². The number of nitrogens with zero attached hydrogens (tertiary/aromatic N) is 7. The van der Waals surface area contributed by atoms with Crippen LogP contribution in [0.2, 0.25) is 0 Å². The molecule has 71 heavy (non-hydrogen) atoms. The fourth-order valence-electron chi connectivity index (χ4n) is 8.82. The number of amides is 4. The Kier molecular flexibility index (Phi) is 21.6. The second kappa shape index (κ2) is 28.0. The van der Waals surface area contributed by atoms with Crippen molar-refractivity contribution in [3.05, 3.63) is 130 Å². The number of likely N-dealkylation sites (tertiary alicyclic amines) is 2. The number of esters is 2. The highest BCUT2D eigenvalue weighted by Gasteiger charge is 2.26. The van der Waals surface area contributed by atoms with Crippen molar-refractivity contribution in [2.75, 3.05) is 117 Å². The van der Waals surface area contributed by atoms with Crippen molar-refractivity contribution in [1.29, 1.82) is 0 Å². The third-order valence-electron chi connectivity index (χ3n) is 13.4. The fourth-order valence-corrected chi connectivity index (χ4v) is 9.27. The van der Waals surface area contributed by atoms with E-state index in [1.165, 1.54) is 56.0 Å². The number of piperidine rings is 2. The number of alkyl halides is 1. The molecule has 0 aromatic heterocycles. The van der Waals surface area contributed by atoms with Gasteiger partial charge in [-0.25, -0.2) is 28.0 Å². The molecule has 4 aromatic rings. The lowest BCUT2D eigenvalue weighted by atomic mass is 10.1. The van der Waals surface area contributed by atoms with Gasteiger partial charge in [-0.15, -0.1) is 0 Å².